The van der Waals surface area contributed by atoms with Crippen LogP contribution in [-0.4, -0.2) is 130 Å². The van der Waals surface area contributed by atoms with Gasteiger partial charge < -0.3 is 47.7 Å². The number of aliphatic hydroxyl groups is 1. The molecule has 1 heterocycles. The Labute approximate surface area is 480 Å². The smallest absolute Gasteiger partial charge is 0.408 e. The zero-order valence-electron chi connectivity index (χ0n) is 51.0. The van der Waals surface area contributed by atoms with Crippen molar-refractivity contribution in [3.63, 3.8) is 0 Å². The maximum absolute atomic E-state index is 16.7. The van der Waals surface area contributed by atoms with Crippen LogP contribution >= 0.6 is 21.6 Å². The monoisotopic (exact) mass is 1180 g/mol. The Hall–Kier alpha value is -3.51. The summed E-state index contributed by atoms with van der Waals surface area (Å²) >= 11 is 0. The number of alkyl carbamates (subject to hydrolysis) is 1. The molecule has 0 spiro atoms. The summed E-state index contributed by atoms with van der Waals surface area (Å²) in [5.41, 5.74) is -7.19. The van der Waals surface area contributed by atoms with Crippen LogP contribution in [0.25, 0.3) is 0 Å². The van der Waals surface area contributed by atoms with Crippen LogP contribution in [0, 0.1) is 16.7 Å². The van der Waals surface area contributed by atoms with Crippen LogP contribution in [0.2, 0.25) is 34.8 Å². The molecule has 1 saturated heterocycles. The van der Waals surface area contributed by atoms with Crippen molar-refractivity contribution in [2.75, 3.05) is 12.9 Å². The molecule has 0 aromatic heterocycles. The number of nitrogens with one attached hydrogen (secondary N) is 1. The molecular weight excluding hydrogens is 1080 g/mol. The molecule has 3 fully saturated rings. The highest BCUT2D eigenvalue weighted by Gasteiger charge is 2.79. The molecule has 5 rings (SSSR count). The number of carbonyl (C=O) groups excluding carboxylic acids is 6. The van der Waals surface area contributed by atoms with E-state index in [0.29, 0.717) is 23.7 Å². The predicted molar refractivity (Wildman–Crippen MR) is 313 cm³/mol. The minimum absolute atomic E-state index is 0.0319. The van der Waals surface area contributed by atoms with Gasteiger partial charge in [-0.2, -0.15) is 0 Å². The first kappa shape index (κ1) is 66.3. The second-order valence-electron chi connectivity index (χ2n) is 25.2. The number of allylic oxidation sites excluding steroid dienone is 1. The number of fused-ring (bicyclic) bond motifs is 5. The van der Waals surface area contributed by atoms with Crippen LogP contribution in [0.15, 0.2) is 52.0 Å². The lowest BCUT2D eigenvalue weighted by molar-refractivity contribution is -0.344. The highest BCUT2D eigenvalue weighted by molar-refractivity contribution is 8.76. The average molecular weight is 1180 g/mol. The zero-order chi connectivity index (χ0) is 59.8. The molecule has 20 heteroatoms. The summed E-state index contributed by atoms with van der Waals surface area (Å²) in [6, 6.07) is 7.81. The highest BCUT2D eigenvalue weighted by atomic mass is 33.1. The van der Waals surface area contributed by atoms with Gasteiger partial charge in [0, 0.05) is 37.0 Å². The van der Waals surface area contributed by atoms with E-state index in [9.17, 15) is 19.5 Å². The molecular formula is C59H93NO15S2Si2. The third-order valence-electron chi connectivity index (χ3n) is 17.8. The first-order valence-corrected chi connectivity index (χ1v) is 35.4. The number of hydrogen-bond acceptors (Lipinski definition) is 17. The van der Waals surface area contributed by atoms with E-state index in [1.807, 2.05) is 26.2 Å². The van der Waals surface area contributed by atoms with E-state index in [1.165, 1.54) is 35.4 Å². The average Bonchev–Trinajstić information content (AvgIpc) is 3.35. The topological polar surface area (TPSA) is 209 Å². The first-order chi connectivity index (χ1) is 36.5. The number of rotatable bonds is 21. The molecule has 2 N–H and O–H groups in total. The van der Waals surface area contributed by atoms with Crippen molar-refractivity contribution < 1.29 is 71.1 Å². The molecule has 0 radical (unpaired) electrons. The quantitative estimate of drug-likeness (QED) is 0.0386. The summed E-state index contributed by atoms with van der Waals surface area (Å²) in [5, 5.41) is 17.5. The van der Waals surface area contributed by atoms with Crippen LogP contribution < -0.4 is 5.32 Å². The Balaban J connectivity index is 1.91. The third kappa shape index (κ3) is 12.9. The maximum Gasteiger partial charge on any atom is 0.408 e. The number of esters is 4. The van der Waals surface area contributed by atoms with E-state index in [0.717, 1.165) is 10.5 Å². The lowest BCUT2D eigenvalue weighted by atomic mass is 9.44. The lowest BCUT2D eigenvalue weighted by Crippen LogP contribution is -2.82. The Morgan fingerprint density at radius 3 is 1.97 bits per heavy atom. The third-order valence-corrected chi connectivity index (χ3v) is 30.2. The van der Waals surface area contributed by atoms with Crippen molar-refractivity contribution in [1.29, 1.82) is 0 Å². The second kappa shape index (κ2) is 25.1. The Kier molecular flexibility index (Phi) is 21.1. The van der Waals surface area contributed by atoms with Gasteiger partial charge in [0.25, 0.3) is 0 Å². The van der Waals surface area contributed by atoms with E-state index in [4.69, 9.17) is 37.3 Å². The Morgan fingerprint density at radius 1 is 0.899 bits per heavy atom. The second-order valence-corrected chi connectivity index (χ2v) is 37.8. The van der Waals surface area contributed by atoms with Crippen LogP contribution in [0.4, 0.5) is 4.79 Å². The Morgan fingerprint density at radius 2 is 1.49 bits per heavy atom. The number of ether oxygens (including phenoxy) is 6. The summed E-state index contributed by atoms with van der Waals surface area (Å²) < 4.78 is 53.4. The van der Waals surface area contributed by atoms with Gasteiger partial charge in [-0.3, -0.25) is 14.4 Å². The molecule has 16 nitrogen and oxygen atoms in total. The van der Waals surface area contributed by atoms with Gasteiger partial charge in [-0.25, -0.2) is 14.4 Å². The highest BCUT2D eigenvalue weighted by Crippen LogP contribution is 2.65. The molecule has 444 valence electrons. The number of carbonyl (C=O) groups is 6. The standard InChI is InChI=1S/C59H93NO15S2Si2/c1-22-78(23-2,24-3)74-44-30-45-58(32-68-45,72-39(14)62)49-51(71-52(64)40-26-25-27-41(29-40)77-76-21)59(67)31-43(37(12)46(56(59,18)19)48(69-38(13)61)50(63)57(44,49)20)70-53(65)47(75-79(34(6)7,35(8)9)36(10)11)42(28-33(4)5)60-54(66)73-55(15,16)17/h25-29,34-36,42-45,47-49,51,67H,22-24,30-32H2,1-21H3,(H,60,66)/t42-,43-,44-,45+,47+,48+,49-,51-,57+,58-,59+/m0/s1. The SMILES string of the molecule is CC[Si](CC)(CC)O[C@H]1C[C@H]2OC[C@@]2(OC(C)=O)[C@H]2[C@H](OC(=O)c3cccc(SSC)c3)[C@]3(O)C[C@H](OC(=O)[C@H](O[Si](C(C)C)(C(C)C)C(C)C)[C@H](C=C(C)C)NC(=O)OC(C)(C)C)C(C)=C([C@@H](OC(C)=O)C(=O)[C@]12C)C3(C)C. The number of ketones is 1. The number of Topliss-reactive ketones (excluding diaryl/α,β-unsaturated/α-hetero) is 1. The molecule has 79 heavy (non-hydrogen) atoms. The largest absolute Gasteiger partial charge is 0.456 e. The van der Waals surface area contributed by atoms with Crippen molar-refractivity contribution in [3.8, 4) is 0 Å². The van der Waals surface area contributed by atoms with Gasteiger partial charge >= 0.3 is 30.0 Å². The first-order valence-electron chi connectivity index (χ1n) is 28.2. The minimum atomic E-state index is -3.03. The fourth-order valence-electron chi connectivity index (χ4n) is 13.8. The van der Waals surface area contributed by atoms with Crippen molar-refractivity contribution >= 4 is 74.0 Å². The zero-order valence-corrected chi connectivity index (χ0v) is 54.6. The summed E-state index contributed by atoms with van der Waals surface area (Å²) in [6.07, 6.45) is -5.78. The van der Waals surface area contributed by atoms with Crippen LogP contribution in [-0.2, 0) is 56.5 Å². The molecule has 2 saturated carbocycles. The van der Waals surface area contributed by atoms with E-state index in [1.54, 1.807) is 72.7 Å². The molecule has 1 aromatic rings. The van der Waals surface area contributed by atoms with Crippen molar-refractivity contribution in [2.45, 2.75) is 250 Å². The molecule has 1 aromatic carbocycles. The fraction of sp³-hybridized carbons (Fsp3) is 0.729. The molecule has 2 bridgehead atoms. The summed E-state index contributed by atoms with van der Waals surface area (Å²) in [6.45, 7) is 36.5. The lowest BCUT2D eigenvalue weighted by Gasteiger charge is -2.68. The van der Waals surface area contributed by atoms with E-state index >= 15 is 14.4 Å². The van der Waals surface area contributed by atoms with E-state index in [-0.39, 0.29) is 40.8 Å². The van der Waals surface area contributed by atoms with Crippen LogP contribution in [0.5, 0.6) is 0 Å². The van der Waals surface area contributed by atoms with Gasteiger partial charge in [-0.15, -0.1) is 0 Å². The number of benzene rings is 1. The Bertz CT molecular complexity index is 2470. The van der Waals surface area contributed by atoms with Gasteiger partial charge in [0.15, 0.2) is 31.9 Å². The van der Waals surface area contributed by atoms with Crippen LogP contribution in [0.1, 0.15) is 162 Å². The molecule has 11 atom stereocenters. The van der Waals surface area contributed by atoms with Crippen molar-refractivity contribution in [3.05, 3.63) is 52.6 Å². The van der Waals surface area contributed by atoms with Crippen molar-refractivity contribution in [1.82, 2.24) is 5.32 Å². The maximum atomic E-state index is 16.7. The van der Waals surface area contributed by atoms with E-state index < -0.39 is 135 Å². The van der Waals surface area contributed by atoms with Gasteiger partial charge in [-0.05, 0) is 119 Å². The van der Waals surface area contributed by atoms with E-state index in [2.05, 4.69) is 67.6 Å². The predicted octanol–water partition coefficient (Wildman–Crippen LogP) is 12.0. The number of amides is 1. The fourth-order valence-corrected chi connectivity index (χ4v) is 23.6. The summed E-state index contributed by atoms with van der Waals surface area (Å²) in [4.78, 5) is 89.7. The summed E-state index contributed by atoms with van der Waals surface area (Å²) in [5.74, 6) is -5.31. The normalized spacial score (nSPS) is 28.5. The molecule has 3 aliphatic carbocycles. The summed E-state index contributed by atoms with van der Waals surface area (Å²) in [7, 11) is -2.77. The van der Waals surface area contributed by atoms with Gasteiger partial charge in [0.05, 0.1) is 35.6 Å². The minimum Gasteiger partial charge on any atom is -0.456 e. The molecule has 0 unspecified atom stereocenters. The van der Waals surface area contributed by atoms with Crippen LogP contribution in [0.3, 0.4) is 0 Å². The van der Waals surface area contributed by atoms with Gasteiger partial charge in [0.1, 0.15) is 29.5 Å². The molecule has 4 aliphatic rings. The van der Waals surface area contributed by atoms with Gasteiger partial charge in [0.2, 0.25) is 8.32 Å². The van der Waals surface area contributed by atoms with Gasteiger partial charge in [-0.1, -0.05) is 115 Å². The molecule has 1 amide bonds. The number of hydrogen-bond donors (Lipinski definition) is 2. The molecule has 1 aliphatic heterocycles. The van der Waals surface area contributed by atoms with Crippen molar-refractivity contribution in [2.24, 2.45) is 16.7 Å².